The second kappa shape index (κ2) is 6.32. The minimum absolute atomic E-state index is 0.121. The lowest BCUT2D eigenvalue weighted by molar-refractivity contribution is 0.0713. The van der Waals surface area contributed by atoms with E-state index < -0.39 is 0 Å². The predicted molar refractivity (Wildman–Crippen MR) is 96.5 cm³/mol. The van der Waals surface area contributed by atoms with Crippen LogP contribution in [-0.2, 0) is 0 Å². The van der Waals surface area contributed by atoms with Crippen LogP contribution in [0.4, 0.5) is 0 Å². The number of carbonyl (C=O) groups is 1. The molecule has 0 N–H and O–H groups in total. The van der Waals surface area contributed by atoms with Gasteiger partial charge < -0.3 is 4.90 Å². The first-order chi connectivity index (χ1) is 11.7. The van der Waals surface area contributed by atoms with Gasteiger partial charge in [0.25, 0.3) is 5.91 Å². The maximum absolute atomic E-state index is 12.8. The quantitative estimate of drug-likeness (QED) is 0.709. The molecule has 0 spiro atoms. The predicted octanol–water partition coefficient (Wildman–Crippen LogP) is 4.02. The molecule has 1 saturated heterocycles. The van der Waals surface area contributed by atoms with Gasteiger partial charge in [-0.15, -0.1) is 11.3 Å². The van der Waals surface area contributed by atoms with Gasteiger partial charge in [0, 0.05) is 31.0 Å². The summed E-state index contributed by atoms with van der Waals surface area (Å²) in [6.07, 6.45) is 5.71. The van der Waals surface area contributed by atoms with Crippen molar-refractivity contribution in [3.8, 4) is 0 Å². The number of thiazole rings is 1. The molecule has 5 heteroatoms. The van der Waals surface area contributed by atoms with E-state index in [0.717, 1.165) is 46.7 Å². The Morgan fingerprint density at radius 1 is 1.17 bits per heavy atom. The summed E-state index contributed by atoms with van der Waals surface area (Å²) in [5, 5.41) is 1.03. The fraction of sp³-hybridized carbons (Fsp3) is 0.316. The Kier molecular flexibility index (Phi) is 4.02. The zero-order valence-electron chi connectivity index (χ0n) is 13.6. The number of benzene rings is 1. The lowest BCUT2D eigenvalue weighted by atomic mass is 9.90. The monoisotopic (exact) mass is 337 g/mol. The molecule has 3 heterocycles. The van der Waals surface area contributed by atoms with E-state index in [1.165, 1.54) is 5.56 Å². The lowest BCUT2D eigenvalue weighted by Gasteiger charge is -2.32. The fourth-order valence-electron chi connectivity index (χ4n) is 3.41. The number of rotatable bonds is 2. The van der Waals surface area contributed by atoms with E-state index in [-0.39, 0.29) is 5.91 Å². The van der Waals surface area contributed by atoms with Crippen LogP contribution >= 0.6 is 11.3 Å². The van der Waals surface area contributed by atoms with Crippen LogP contribution in [0.25, 0.3) is 10.2 Å². The molecule has 0 unspecified atom stereocenters. The molecule has 2 aromatic heterocycles. The van der Waals surface area contributed by atoms with Crippen LogP contribution in [0.3, 0.4) is 0 Å². The van der Waals surface area contributed by atoms with Gasteiger partial charge in [0.15, 0.2) is 0 Å². The summed E-state index contributed by atoms with van der Waals surface area (Å²) >= 11 is 1.66. The molecule has 1 aliphatic heterocycles. The van der Waals surface area contributed by atoms with Gasteiger partial charge in [0.2, 0.25) is 0 Å². The molecule has 1 fully saturated rings. The third-order valence-electron chi connectivity index (χ3n) is 4.70. The number of carbonyl (C=O) groups excluding carboxylic acids is 1. The highest BCUT2D eigenvalue weighted by Crippen LogP contribution is 2.29. The largest absolute Gasteiger partial charge is 0.339 e. The number of amides is 1. The first-order valence-corrected chi connectivity index (χ1v) is 9.09. The van der Waals surface area contributed by atoms with Crippen LogP contribution in [0, 0.1) is 6.92 Å². The van der Waals surface area contributed by atoms with Gasteiger partial charge in [0.05, 0.1) is 15.2 Å². The molecule has 1 aliphatic rings. The van der Waals surface area contributed by atoms with Gasteiger partial charge in [-0.3, -0.25) is 9.78 Å². The normalized spacial score (nSPS) is 15.8. The van der Waals surface area contributed by atoms with Crippen LogP contribution < -0.4 is 0 Å². The highest BCUT2D eigenvalue weighted by Gasteiger charge is 2.24. The van der Waals surface area contributed by atoms with Gasteiger partial charge in [-0.2, -0.15) is 0 Å². The summed E-state index contributed by atoms with van der Waals surface area (Å²) in [4.78, 5) is 23.3. The summed E-state index contributed by atoms with van der Waals surface area (Å²) in [7, 11) is 0. The fourth-order valence-corrected chi connectivity index (χ4v) is 4.22. The van der Waals surface area contributed by atoms with Crippen molar-refractivity contribution in [2.75, 3.05) is 13.1 Å². The Balaban J connectivity index is 1.47. The third kappa shape index (κ3) is 2.91. The number of fused-ring (bicyclic) bond motifs is 1. The molecule has 1 aromatic carbocycles. The maximum Gasteiger partial charge on any atom is 0.253 e. The first-order valence-electron chi connectivity index (χ1n) is 8.27. The van der Waals surface area contributed by atoms with Crippen LogP contribution in [0.1, 0.15) is 39.7 Å². The van der Waals surface area contributed by atoms with Gasteiger partial charge in [-0.1, -0.05) is 0 Å². The zero-order chi connectivity index (χ0) is 16.5. The van der Waals surface area contributed by atoms with Crippen LogP contribution in [-0.4, -0.2) is 33.9 Å². The van der Waals surface area contributed by atoms with E-state index in [4.69, 9.17) is 0 Å². The highest BCUT2D eigenvalue weighted by atomic mass is 32.1. The molecular weight excluding hydrogens is 318 g/mol. The van der Waals surface area contributed by atoms with Crippen molar-refractivity contribution in [3.63, 3.8) is 0 Å². The second-order valence-corrected chi connectivity index (χ2v) is 7.50. The van der Waals surface area contributed by atoms with Crippen molar-refractivity contribution in [1.82, 2.24) is 14.9 Å². The van der Waals surface area contributed by atoms with Gasteiger partial charge >= 0.3 is 0 Å². The molecule has 0 radical (unpaired) electrons. The molecule has 24 heavy (non-hydrogen) atoms. The maximum atomic E-state index is 12.8. The molecule has 1 amide bonds. The number of nitrogens with zero attached hydrogens (tertiary/aromatic N) is 3. The second-order valence-electron chi connectivity index (χ2n) is 6.26. The Labute approximate surface area is 145 Å². The van der Waals surface area contributed by atoms with E-state index in [0.29, 0.717) is 5.92 Å². The number of piperidine rings is 1. The van der Waals surface area contributed by atoms with Crippen LogP contribution in [0.15, 0.2) is 42.7 Å². The number of likely N-dealkylation sites (tertiary alicyclic amines) is 1. The highest BCUT2D eigenvalue weighted by molar-refractivity contribution is 7.18. The summed E-state index contributed by atoms with van der Waals surface area (Å²) in [6.45, 7) is 3.61. The minimum atomic E-state index is 0.121. The molecule has 3 aromatic rings. The van der Waals surface area contributed by atoms with E-state index in [1.54, 1.807) is 11.3 Å². The Morgan fingerprint density at radius 2 is 1.92 bits per heavy atom. The minimum Gasteiger partial charge on any atom is -0.339 e. The average molecular weight is 337 g/mol. The third-order valence-corrected chi connectivity index (χ3v) is 5.65. The summed E-state index contributed by atoms with van der Waals surface area (Å²) in [6, 6.07) is 10.0. The zero-order valence-corrected chi connectivity index (χ0v) is 14.4. The van der Waals surface area contributed by atoms with E-state index >= 15 is 0 Å². The SMILES string of the molecule is Cc1nc2cc(C(=O)N3CCC(c4ccncc4)CC3)ccc2s1. The number of aryl methyl sites for hydroxylation is 1. The number of hydrogen-bond acceptors (Lipinski definition) is 4. The van der Waals surface area contributed by atoms with Crippen molar-refractivity contribution in [2.24, 2.45) is 0 Å². The summed E-state index contributed by atoms with van der Waals surface area (Å²) in [5.74, 6) is 0.649. The average Bonchev–Trinajstić information content (AvgIpc) is 3.01. The number of hydrogen-bond donors (Lipinski definition) is 0. The Bertz CT molecular complexity index is 867. The lowest BCUT2D eigenvalue weighted by Crippen LogP contribution is -2.37. The Hall–Kier alpha value is -2.27. The topological polar surface area (TPSA) is 46.1 Å². The van der Waals surface area contributed by atoms with Crippen LogP contribution in [0.5, 0.6) is 0 Å². The smallest absolute Gasteiger partial charge is 0.253 e. The van der Waals surface area contributed by atoms with Gasteiger partial charge in [0.1, 0.15) is 0 Å². The van der Waals surface area contributed by atoms with Gasteiger partial charge in [-0.05, 0) is 61.6 Å². The van der Waals surface area contributed by atoms with Crippen LogP contribution in [0.2, 0.25) is 0 Å². The van der Waals surface area contributed by atoms with E-state index in [1.807, 2.05) is 42.4 Å². The molecule has 122 valence electrons. The van der Waals surface area contributed by atoms with Crippen molar-refractivity contribution in [3.05, 3.63) is 58.9 Å². The molecule has 0 bridgehead atoms. The van der Waals surface area contributed by atoms with Crippen molar-refractivity contribution in [2.45, 2.75) is 25.7 Å². The Morgan fingerprint density at radius 3 is 2.67 bits per heavy atom. The van der Waals surface area contributed by atoms with E-state index in [9.17, 15) is 4.79 Å². The standard InChI is InChI=1S/C19H19N3OS/c1-13-21-17-12-16(2-3-18(17)24-13)19(23)22-10-6-15(7-11-22)14-4-8-20-9-5-14/h2-5,8-9,12,15H,6-7,10-11H2,1H3. The summed E-state index contributed by atoms with van der Waals surface area (Å²) < 4.78 is 1.14. The molecule has 0 saturated carbocycles. The molecule has 4 nitrogen and oxygen atoms in total. The summed E-state index contributed by atoms with van der Waals surface area (Å²) in [5.41, 5.74) is 3.00. The molecule has 4 rings (SSSR count). The van der Waals surface area contributed by atoms with E-state index in [2.05, 4.69) is 22.1 Å². The molecular formula is C19H19N3OS. The number of pyridine rings is 1. The number of aromatic nitrogens is 2. The van der Waals surface area contributed by atoms with Crippen molar-refractivity contribution < 1.29 is 4.79 Å². The van der Waals surface area contributed by atoms with Crippen molar-refractivity contribution >= 4 is 27.5 Å². The molecule has 0 aliphatic carbocycles. The van der Waals surface area contributed by atoms with Crippen molar-refractivity contribution in [1.29, 1.82) is 0 Å². The van der Waals surface area contributed by atoms with Gasteiger partial charge in [-0.25, -0.2) is 4.98 Å². The molecule has 0 atom stereocenters. The first kappa shape index (κ1) is 15.3.